The zero-order chi connectivity index (χ0) is 11.8. The Hall–Kier alpha value is -0.980. The molecule has 0 spiro atoms. The monoisotopic (exact) mass is 229 g/mol. The van der Waals surface area contributed by atoms with E-state index in [0.29, 0.717) is 13.1 Å². The molecule has 1 aliphatic heterocycles. The van der Waals surface area contributed by atoms with Crippen LogP contribution in [0.25, 0.3) is 0 Å². The number of carbonyl (C=O) groups excluding carboxylic acids is 1. The molecule has 0 aromatic rings. The predicted molar refractivity (Wildman–Crippen MR) is 59.4 cm³/mol. The highest BCUT2D eigenvalue weighted by Gasteiger charge is 2.13. The van der Waals surface area contributed by atoms with E-state index in [-0.39, 0.29) is 6.54 Å². The van der Waals surface area contributed by atoms with Crippen LogP contribution in [0.2, 0.25) is 0 Å². The van der Waals surface area contributed by atoms with E-state index >= 15 is 0 Å². The number of carbonyl (C=O) groups is 2. The Bertz CT molecular complexity index is 235. The lowest BCUT2D eigenvalue weighted by Gasteiger charge is -2.22. The fraction of sp³-hybridized carbons (Fsp3) is 0.800. The lowest BCUT2D eigenvalue weighted by molar-refractivity contribution is -0.138. The molecule has 0 aliphatic carbocycles. The Morgan fingerprint density at radius 3 is 2.44 bits per heavy atom. The molecule has 0 radical (unpaired) electrons. The van der Waals surface area contributed by atoms with Crippen molar-refractivity contribution in [1.29, 1.82) is 0 Å². The Morgan fingerprint density at radius 2 is 1.81 bits per heavy atom. The Morgan fingerprint density at radius 1 is 1.19 bits per heavy atom. The quantitative estimate of drug-likeness (QED) is 0.570. The maximum Gasteiger partial charge on any atom is 0.317 e. The highest BCUT2D eigenvalue weighted by atomic mass is 16.4. The standard InChI is InChI=1S/C10H19N3O3/c14-8-7-12-3-1-11-2-4-13(6-5-12)9-10(15)16/h8,11H,1-7,9H2,(H,15,16). The molecule has 0 saturated carbocycles. The molecular formula is C10H19N3O3. The Balaban J connectivity index is 2.42. The third-order valence-electron chi connectivity index (χ3n) is 2.63. The van der Waals surface area contributed by atoms with Crippen molar-refractivity contribution in [2.45, 2.75) is 0 Å². The second-order valence-corrected chi connectivity index (χ2v) is 3.89. The summed E-state index contributed by atoms with van der Waals surface area (Å²) in [6, 6.07) is 0. The van der Waals surface area contributed by atoms with Crippen LogP contribution in [0, 0.1) is 0 Å². The minimum Gasteiger partial charge on any atom is -0.480 e. The summed E-state index contributed by atoms with van der Waals surface area (Å²) in [7, 11) is 0. The molecule has 1 saturated heterocycles. The van der Waals surface area contributed by atoms with Gasteiger partial charge in [0.25, 0.3) is 0 Å². The SMILES string of the molecule is O=CCN1CCNCCN(CC(=O)O)CC1. The van der Waals surface area contributed by atoms with E-state index in [2.05, 4.69) is 5.32 Å². The van der Waals surface area contributed by atoms with Gasteiger partial charge >= 0.3 is 5.97 Å². The van der Waals surface area contributed by atoms with Crippen LogP contribution in [0.5, 0.6) is 0 Å². The zero-order valence-corrected chi connectivity index (χ0v) is 9.39. The maximum atomic E-state index is 10.6. The summed E-state index contributed by atoms with van der Waals surface area (Å²) in [5.41, 5.74) is 0. The van der Waals surface area contributed by atoms with Crippen LogP contribution in [-0.2, 0) is 9.59 Å². The minimum absolute atomic E-state index is 0.0661. The summed E-state index contributed by atoms with van der Waals surface area (Å²) in [4.78, 5) is 25.0. The molecule has 0 unspecified atom stereocenters. The second kappa shape index (κ2) is 7.32. The first-order valence-electron chi connectivity index (χ1n) is 5.53. The average Bonchev–Trinajstić information content (AvgIpc) is 2.32. The van der Waals surface area contributed by atoms with Crippen molar-refractivity contribution in [3.63, 3.8) is 0 Å². The van der Waals surface area contributed by atoms with E-state index < -0.39 is 5.97 Å². The van der Waals surface area contributed by atoms with Crippen molar-refractivity contribution in [2.75, 3.05) is 52.4 Å². The van der Waals surface area contributed by atoms with Gasteiger partial charge in [-0.15, -0.1) is 0 Å². The van der Waals surface area contributed by atoms with Gasteiger partial charge in [-0.2, -0.15) is 0 Å². The fourth-order valence-corrected chi connectivity index (χ4v) is 1.74. The van der Waals surface area contributed by atoms with Gasteiger partial charge in [-0.1, -0.05) is 0 Å². The Kier molecular flexibility index (Phi) is 5.99. The second-order valence-electron chi connectivity index (χ2n) is 3.89. The van der Waals surface area contributed by atoms with Gasteiger partial charge in [-0.05, 0) is 0 Å². The van der Waals surface area contributed by atoms with Crippen molar-refractivity contribution >= 4 is 12.3 Å². The summed E-state index contributed by atoms with van der Waals surface area (Å²) in [6.07, 6.45) is 0.888. The molecule has 1 heterocycles. The number of aliphatic carboxylic acids is 1. The molecule has 6 heteroatoms. The Labute approximate surface area is 95.2 Å². The van der Waals surface area contributed by atoms with Gasteiger partial charge in [0, 0.05) is 39.3 Å². The van der Waals surface area contributed by atoms with E-state index in [9.17, 15) is 9.59 Å². The average molecular weight is 229 g/mol. The highest BCUT2D eigenvalue weighted by Crippen LogP contribution is 1.94. The van der Waals surface area contributed by atoms with Crippen LogP contribution in [0.4, 0.5) is 0 Å². The van der Waals surface area contributed by atoms with Crippen LogP contribution in [0.3, 0.4) is 0 Å². The molecule has 1 aliphatic rings. The molecule has 0 bridgehead atoms. The molecule has 1 fully saturated rings. The van der Waals surface area contributed by atoms with Gasteiger partial charge in [-0.3, -0.25) is 14.6 Å². The fourth-order valence-electron chi connectivity index (χ4n) is 1.74. The van der Waals surface area contributed by atoms with Gasteiger partial charge in [0.2, 0.25) is 0 Å². The first-order chi connectivity index (χ1) is 7.72. The largest absolute Gasteiger partial charge is 0.480 e. The molecule has 1 rings (SSSR count). The van der Waals surface area contributed by atoms with Gasteiger partial charge < -0.3 is 15.2 Å². The summed E-state index contributed by atoms with van der Waals surface area (Å²) >= 11 is 0. The third kappa shape index (κ3) is 5.20. The smallest absolute Gasteiger partial charge is 0.317 e. The zero-order valence-electron chi connectivity index (χ0n) is 9.39. The summed E-state index contributed by atoms with van der Waals surface area (Å²) < 4.78 is 0. The normalized spacial score (nSPS) is 20.8. The van der Waals surface area contributed by atoms with E-state index in [1.165, 1.54) is 0 Å². The number of nitrogens with one attached hydrogen (secondary N) is 1. The summed E-state index contributed by atoms with van der Waals surface area (Å²) in [5, 5.41) is 12.0. The summed E-state index contributed by atoms with van der Waals surface area (Å²) in [6.45, 7) is 5.13. The molecule has 0 aromatic carbocycles. The molecule has 6 nitrogen and oxygen atoms in total. The van der Waals surface area contributed by atoms with Crippen molar-refractivity contribution in [3.05, 3.63) is 0 Å². The van der Waals surface area contributed by atoms with Crippen molar-refractivity contribution in [2.24, 2.45) is 0 Å². The molecule has 2 N–H and O–H groups in total. The van der Waals surface area contributed by atoms with Crippen LogP contribution >= 0.6 is 0 Å². The highest BCUT2D eigenvalue weighted by molar-refractivity contribution is 5.69. The van der Waals surface area contributed by atoms with Crippen LogP contribution < -0.4 is 5.32 Å². The first kappa shape index (κ1) is 13.1. The van der Waals surface area contributed by atoms with E-state index in [1.807, 2.05) is 9.80 Å². The number of aldehydes is 1. The number of carboxylic acids is 1. The van der Waals surface area contributed by atoms with Gasteiger partial charge in [-0.25, -0.2) is 0 Å². The summed E-state index contributed by atoms with van der Waals surface area (Å²) in [5.74, 6) is -0.804. The number of hydrogen-bond acceptors (Lipinski definition) is 5. The molecule has 0 atom stereocenters. The molecule has 0 amide bonds. The van der Waals surface area contributed by atoms with Crippen LogP contribution in [-0.4, -0.2) is 79.5 Å². The number of carboxylic acid groups (broad SMARTS) is 1. The van der Waals surface area contributed by atoms with Crippen molar-refractivity contribution in [3.8, 4) is 0 Å². The molecule has 92 valence electrons. The van der Waals surface area contributed by atoms with E-state index in [1.54, 1.807) is 0 Å². The van der Waals surface area contributed by atoms with Crippen molar-refractivity contribution < 1.29 is 14.7 Å². The van der Waals surface area contributed by atoms with Gasteiger partial charge in [0.15, 0.2) is 0 Å². The maximum absolute atomic E-state index is 10.6. The van der Waals surface area contributed by atoms with E-state index in [0.717, 1.165) is 39.0 Å². The molecule has 0 aromatic heterocycles. The lowest BCUT2D eigenvalue weighted by atomic mass is 10.4. The number of hydrogen-bond donors (Lipinski definition) is 2. The van der Waals surface area contributed by atoms with Crippen LogP contribution in [0.1, 0.15) is 0 Å². The van der Waals surface area contributed by atoms with Crippen LogP contribution in [0.15, 0.2) is 0 Å². The predicted octanol–water partition coefficient (Wildman–Crippen LogP) is -1.52. The lowest BCUT2D eigenvalue weighted by Crippen LogP contribution is -2.39. The number of nitrogens with zero attached hydrogens (tertiary/aromatic N) is 2. The number of rotatable bonds is 4. The topological polar surface area (TPSA) is 72.9 Å². The van der Waals surface area contributed by atoms with E-state index in [4.69, 9.17) is 5.11 Å². The minimum atomic E-state index is -0.804. The van der Waals surface area contributed by atoms with Crippen molar-refractivity contribution in [1.82, 2.24) is 15.1 Å². The molecule has 16 heavy (non-hydrogen) atoms. The molecular weight excluding hydrogens is 210 g/mol. The van der Waals surface area contributed by atoms with Gasteiger partial charge in [0.1, 0.15) is 6.29 Å². The van der Waals surface area contributed by atoms with Gasteiger partial charge in [0.05, 0.1) is 13.1 Å². The first-order valence-corrected chi connectivity index (χ1v) is 5.53. The third-order valence-corrected chi connectivity index (χ3v) is 2.63.